The van der Waals surface area contributed by atoms with Crippen LogP contribution in [-0.2, 0) is 4.79 Å². The molecule has 1 atom stereocenters. The van der Waals surface area contributed by atoms with E-state index in [0.717, 1.165) is 0 Å². The fraction of sp³-hybridized carbons (Fsp3) is 0.364. The van der Waals surface area contributed by atoms with Crippen LogP contribution in [0.25, 0.3) is 0 Å². The number of carbonyl (C=O) groups excluding carboxylic acids is 1. The Balaban J connectivity index is 3.25. The molecule has 0 heterocycles. The molecule has 2 nitrogen and oxygen atoms in total. The minimum atomic E-state index is -0.930. The first-order valence-corrected chi connectivity index (χ1v) is 4.63. The Kier molecular flexibility index (Phi) is 3.69. The number of hydrogen-bond donors (Lipinski definition) is 0. The van der Waals surface area contributed by atoms with Crippen molar-refractivity contribution in [3.63, 3.8) is 0 Å². The first-order chi connectivity index (χ1) is 7.11. The van der Waals surface area contributed by atoms with E-state index in [4.69, 9.17) is 0 Å². The average molecular weight is 211 g/mol. The van der Waals surface area contributed by atoms with Crippen molar-refractivity contribution in [2.45, 2.75) is 26.3 Å². The van der Waals surface area contributed by atoms with E-state index in [1.54, 1.807) is 6.92 Å². The van der Waals surface area contributed by atoms with Gasteiger partial charge in [0, 0.05) is 5.56 Å². The van der Waals surface area contributed by atoms with Crippen LogP contribution in [0.15, 0.2) is 17.1 Å². The van der Waals surface area contributed by atoms with E-state index >= 15 is 0 Å². The van der Waals surface area contributed by atoms with E-state index in [1.165, 1.54) is 25.1 Å². The lowest BCUT2D eigenvalue weighted by molar-refractivity contribution is 0.480. The summed E-state index contributed by atoms with van der Waals surface area (Å²) in [5.74, 6) is -1.81. The Bertz CT molecular complexity index is 411. The van der Waals surface area contributed by atoms with Crippen LogP contribution < -0.4 is 0 Å². The van der Waals surface area contributed by atoms with Gasteiger partial charge in [0.2, 0.25) is 6.08 Å². The maximum Gasteiger partial charge on any atom is 0.235 e. The number of rotatable bonds is 3. The summed E-state index contributed by atoms with van der Waals surface area (Å²) in [5.41, 5.74) is 0.338. The molecule has 0 aliphatic heterocycles. The van der Waals surface area contributed by atoms with Crippen molar-refractivity contribution in [3.8, 4) is 0 Å². The monoisotopic (exact) mass is 211 g/mol. The highest BCUT2D eigenvalue weighted by Crippen LogP contribution is 2.26. The van der Waals surface area contributed by atoms with Crippen molar-refractivity contribution in [3.05, 3.63) is 34.9 Å². The number of aliphatic imine (C=N–C) groups is 1. The van der Waals surface area contributed by atoms with Crippen molar-refractivity contribution >= 4 is 6.08 Å². The standard InChI is InChI=1S/C11H11F2NO/c1-3-9(14-6-15)8-5-4-7(2)10(12)11(8)13/h4-5,9H,3H2,1-2H3. The molecule has 0 saturated carbocycles. The Labute approximate surface area is 86.6 Å². The van der Waals surface area contributed by atoms with E-state index < -0.39 is 17.7 Å². The van der Waals surface area contributed by atoms with E-state index in [9.17, 15) is 13.6 Å². The molecule has 1 unspecified atom stereocenters. The van der Waals surface area contributed by atoms with Gasteiger partial charge >= 0.3 is 0 Å². The Hall–Kier alpha value is -1.54. The molecule has 0 spiro atoms. The van der Waals surface area contributed by atoms with Gasteiger partial charge in [-0.05, 0) is 18.9 Å². The number of nitrogens with zero attached hydrogens (tertiary/aromatic N) is 1. The first kappa shape index (κ1) is 11.5. The van der Waals surface area contributed by atoms with Crippen LogP contribution in [-0.4, -0.2) is 6.08 Å². The Morgan fingerprint density at radius 3 is 2.60 bits per heavy atom. The highest BCUT2D eigenvalue weighted by atomic mass is 19.2. The van der Waals surface area contributed by atoms with Crippen molar-refractivity contribution in [1.29, 1.82) is 0 Å². The normalized spacial score (nSPS) is 12.0. The van der Waals surface area contributed by atoms with Crippen molar-refractivity contribution in [2.75, 3.05) is 0 Å². The quantitative estimate of drug-likeness (QED) is 0.558. The topological polar surface area (TPSA) is 29.4 Å². The molecule has 80 valence electrons. The largest absolute Gasteiger partial charge is 0.235 e. The first-order valence-electron chi connectivity index (χ1n) is 4.63. The molecule has 15 heavy (non-hydrogen) atoms. The summed E-state index contributed by atoms with van der Waals surface area (Å²) in [6, 6.07) is 2.26. The summed E-state index contributed by atoms with van der Waals surface area (Å²) in [4.78, 5) is 13.5. The van der Waals surface area contributed by atoms with Gasteiger partial charge in [0.15, 0.2) is 11.6 Å². The summed E-state index contributed by atoms with van der Waals surface area (Å²) in [7, 11) is 0. The van der Waals surface area contributed by atoms with Crippen LogP contribution >= 0.6 is 0 Å². The second-order valence-electron chi connectivity index (χ2n) is 3.24. The molecule has 0 aromatic heterocycles. The summed E-state index contributed by atoms with van der Waals surface area (Å²) in [5, 5.41) is 0. The number of benzene rings is 1. The molecule has 0 bridgehead atoms. The number of hydrogen-bond acceptors (Lipinski definition) is 2. The molecule has 0 saturated heterocycles. The summed E-state index contributed by atoms with van der Waals surface area (Å²) >= 11 is 0. The Morgan fingerprint density at radius 2 is 2.07 bits per heavy atom. The van der Waals surface area contributed by atoms with Gasteiger partial charge in [-0.3, -0.25) is 0 Å². The third-order valence-corrected chi connectivity index (χ3v) is 2.26. The maximum absolute atomic E-state index is 13.5. The summed E-state index contributed by atoms with van der Waals surface area (Å²) < 4.78 is 26.7. The number of halogens is 2. The molecule has 4 heteroatoms. The van der Waals surface area contributed by atoms with Crippen LogP contribution in [0.3, 0.4) is 0 Å². The van der Waals surface area contributed by atoms with Gasteiger partial charge in [0.25, 0.3) is 0 Å². The van der Waals surface area contributed by atoms with Gasteiger partial charge in [-0.1, -0.05) is 19.1 Å². The predicted molar refractivity (Wildman–Crippen MR) is 52.2 cm³/mol. The highest BCUT2D eigenvalue weighted by Gasteiger charge is 2.17. The smallest absolute Gasteiger partial charge is 0.211 e. The predicted octanol–water partition coefficient (Wildman–Crippen LogP) is 3.06. The van der Waals surface area contributed by atoms with Gasteiger partial charge < -0.3 is 0 Å². The van der Waals surface area contributed by atoms with Gasteiger partial charge in [-0.2, -0.15) is 4.99 Å². The fourth-order valence-electron chi connectivity index (χ4n) is 1.36. The Morgan fingerprint density at radius 1 is 1.40 bits per heavy atom. The van der Waals surface area contributed by atoms with Gasteiger partial charge in [0.05, 0.1) is 6.04 Å². The van der Waals surface area contributed by atoms with Crippen molar-refractivity contribution < 1.29 is 13.6 Å². The third-order valence-electron chi connectivity index (χ3n) is 2.26. The molecule has 0 aliphatic carbocycles. The van der Waals surface area contributed by atoms with Gasteiger partial charge in [-0.15, -0.1) is 0 Å². The molecule has 0 aliphatic rings. The zero-order valence-electron chi connectivity index (χ0n) is 8.55. The lowest BCUT2D eigenvalue weighted by atomic mass is 10.0. The van der Waals surface area contributed by atoms with E-state index in [0.29, 0.717) is 6.42 Å². The highest BCUT2D eigenvalue weighted by molar-refractivity contribution is 5.36. The minimum absolute atomic E-state index is 0.101. The van der Waals surface area contributed by atoms with Gasteiger partial charge in [-0.25, -0.2) is 13.6 Å². The fourth-order valence-corrected chi connectivity index (χ4v) is 1.36. The second kappa shape index (κ2) is 4.80. The molecule has 0 radical (unpaired) electrons. The lowest BCUT2D eigenvalue weighted by Gasteiger charge is -2.10. The van der Waals surface area contributed by atoms with E-state index in [-0.39, 0.29) is 11.1 Å². The van der Waals surface area contributed by atoms with Crippen LogP contribution in [0.5, 0.6) is 0 Å². The van der Waals surface area contributed by atoms with Crippen LogP contribution in [0, 0.1) is 18.6 Å². The number of isocyanates is 1. The molecule has 0 fully saturated rings. The zero-order chi connectivity index (χ0) is 11.4. The van der Waals surface area contributed by atoms with Crippen molar-refractivity contribution in [2.24, 2.45) is 4.99 Å². The van der Waals surface area contributed by atoms with Crippen molar-refractivity contribution in [1.82, 2.24) is 0 Å². The maximum atomic E-state index is 13.5. The summed E-state index contributed by atoms with van der Waals surface area (Å²) in [6.45, 7) is 3.22. The molecular weight excluding hydrogens is 200 g/mol. The van der Waals surface area contributed by atoms with Crippen LogP contribution in [0.4, 0.5) is 8.78 Å². The third kappa shape index (κ3) is 2.28. The zero-order valence-corrected chi connectivity index (χ0v) is 8.55. The minimum Gasteiger partial charge on any atom is -0.211 e. The second-order valence-corrected chi connectivity index (χ2v) is 3.24. The van der Waals surface area contributed by atoms with E-state index in [2.05, 4.69) is 4.99 Å². The van der Waals surface area contributed by atoms with Crippen LogP contribution in [0.1, 0.15) is 30.5 Å². The molecule has 1 aromatic rings. The lowest BCUT2D eigenvalue weighted by Crippen LogP contribution is -2.01. The average Bonchev–Trinajstić information content (AvgIpc) is 2.24. The van der Waals surface area contributed by atoms with Crippen LogP contribution in [0.2, 0.25) is 0 Å². The molecule has 1 aromatic carbocycles. The van der Waals surface area contributed by atoms with E-state index in [1.807, 2.05) is 0 Å². The molecular formula is C11H11F2NO. The number of aryl methyl sites for hydroxylation is 1. The SMILES string of the molecule is CCC(N=C=O)c1ccc(C)c(F)c1F. The van der Waals surface area contributed by atoms with Gasteiger partial charge in [0.1, 0.15) is 0 Å². The molecule has 0 N–H and O–H groups in total. The summed E-state index contributed by atoms with van der Waals surface area (Å²) in [6.07, 6.45) is 1.79. The molecule has 1 rings (SSSR count). The molecule has 0 amide bonds.